The number of rotatable bonds is 7. The number of para-hydroxylation sites is 1. The molecule has 0 saturated carbocycles. The molecule has 3 aromatic rings. The predicted molar refractivity (Wildman–Crippen MR) is 126 cm³/mol. The average molecular weight is 464 g/mol. The van der Waals surface area contributed by atoms with Gasteiger partial charge in [0.05, 0.1) is 19.2 Å². The fourth-order valence-corrected chi connectivity index (χ4v) is 3.84. The van der Waals surface area contributed by atoms with Crippen LogP contribution >= 0.6 is 11.6 Å². The van der Waals surface area contributed by atoms with Crippen molar-refractivity contribution in [2.45, 2.75) is 19.0 Å². The minimum atomic E-state index is -0.948. The van der Waals surface area contributed by atoms with E-state index in [0.717, 1.165) is 10.5 Å². The molecule has 0 bridgehead atoms. The minimum absolute atomic E-state index is 0.157. The number of amides is 4. The van der Waals surface area contributed by atoms with Crippen molar-refractivity contribution >= 4 is 40.8 Å². The van der Waals surface area contributed by atoms with Gasteiger partial charge in [-0.3, -0.25) is 9.59 Å². The van der Waals surface area contributed by atoms with Gasteiger partial charge in [-0.15, -0.1) is 0 Å². The predicted octanol–water partition coefficient (Wildman–Crippen LogP) is 4.71. The highest BCUT2D eigenvalue weighted by molar-refractivity contribution is 6.30. The first-order valence-electron chi connectivity index (χ1n) is 10.3. The summed E-state index contributed by atoms with van der Waals surface area (Å²) in [6, 6.07) is 21.2. The quantitative estimate of drug-likeness (QED) is 0.514. The van der Waals surface area contributed by atoms with E-state index in [9.17, 15) is 14.4 Å². The molecule has 1 atom stereocenters. The highest BCUT2D eigenvalue weighted by Crippen LogP contribution is 2.29. The smallest absolute Gasteiger partial charge is 0.332 e. The van der Waals surface area contributed by atoms with Gasteiger partial charge in [0, 0.05) is 17.3 Å². The standard InChI is InChI=1S/C25H22ClN3O4/c1-33-21-9-5-6-17(14-21)16-28-22(15-23(30)27-19-12-10-18(26)11-13-19)24(31)29(25(28)32)20-7-3-2-4-8-20/h2-14,22H,15-16H2,1H3,(H,27,30)/t22-/m1/s1. The van der Waals surface area contributed by atoms with Gasteiger partial charge in [0.1, 0.15) is 11.8 Å². The molecule has 1 saturated heterocycles. The second-order valence-electron chi connectivity index (χ2n) is 7.55. The molecule has 0 unspecified atom stereocenters. The van der Waals surface area contributed by atoms with Gasteiger partial charge in [-0.05, 0) is 54.1 Å². The Bertz CT molecular complexity index is 1170. The van der Waals surface area contributed by atoms with Crippen molar-refractivity contribution in [3.8, 4) is 5.75 Å². The number of ether oxygens (including phenoxy) is 1. The molecular formula is C25H22ClN3O4. The van der Waals surface area contributed by atoms with Gasteiger partial charge in [0.2, 0.25) is 5.91 Å². The van der Waals surface area contributed by atoms with Crippen LogP contribution in [-0.4, -0.2) is 35.9 Å². The molecule has 33 heavy (non-hydrogen) atoms. The third kappa shape index (κ3) is 4.99. The number of nitrogens with one attached hydrogen (secondary N) is 1. The highest BCUT2D eigenvalue weighted by Gasteiger charge is 2.46. The Balaban J connectivity index is 1.60. The van der Waals surface area contributed by atoms with Crippen molar-refractivity contribution in [1.29, 1.82) is 0 Å². The molecule has 1 aliphatic heterocycles. The number of benzene rings is 3. The summed E-state index contributed by atoms with van der Waals surface area (Å²) in [5.74, 6) is -0.184. The van der Waals surface area contributed by atoms with Gasteiger partial charge in [0.25, 0.3) is 5.91 Å². The Labute approximate surface area is 196 Å². The van der Waals surface area contributed by atoms with Crippen molar-refractivity contribution in [2.75, 3.05) is 17.3 Å². The molecule has 3 aromatic carbocycles. The Morgan fingerprint density at radius 3 is 2.42 bits per heavy atom. The number of carbonyl (C=O) groups excluding carboxylic acids is 3. The number of nitrogens with zero attached hydrogens (tertiary/aromatic N) is 2. The van der Waals surface area contributed by atoms with E-state index in [1.54, 1.807) is 73.8 Å². The number of carbonyl (C=O) groups is 3. The Morgan fingerprint density at radius 2 is 1.73 bits per heavy atom. The van der Waals surface area contributed by atoms with Crippen LogP contribution in [0.5, 0.6) is 5.75 Å². The van der Waals surface area contributed by atoms with Crippen molar-refractivity contribution in [3.05, 3.63) is 89.4 Å². The Morgan fingerprint density at radius 1 is 1.00 bits per heavy atom. The van der Waals surface area contributed by atoms with Gasteiger partial charge in [-0.2, -0.15) is 0 Å². The van der Waals surface area contributed by atoms with Crippen LogP contribution in [0.15, 0.2) is 78.9 Å². The van der Waals surface area contributed by atoms with E-state index in [2.05, 4.69) is 5.32 Å². The first-order valence-corrected chi connectivity index (χ1v) is 10.7. The monoisotopic (exact) mass is 463 g/mol. The Kier molecular flexibility index (Phi) is 6.60. The van der Waals surface area contributed by atoms with Crippen LogP contribution in [0.1, 0.15) is 12.0 Å². The summed E-state index contributed by atoms with van der Waals surface area (Å²) in [6.45, 7) is 0.157. The minimum Gasteiger partial charge on any atom is -0.497 e. The summed E-state index contributed by atoms with van der Waals surface area (Å²) in [4.78, 5) is 42.0. The fraction of sp³-hybridized carbons (Fsp3) is 0.160. The van der Waals surface area contributed by atoms with Crippen LogP contribution in [0, 0.1) is 0 Å². The number of hydrogen-bond donors (Lipinski definition) is 1. The van der Waals surface area contributed by atoms with Crippen LogP contribution in [-0.2, 0) is 16.1 Å². The molecule has 4 amide bonds. The zero-order chi connectivity index (χ0) is 23.4. The maximum atomic E-state index is 13.3. The summed E-state index contributed by atoms with van der Waals surface area (Å²) in [7, 11) is 1.56. The zero-order valence-corrected chi connectivity index (χ0v) is 18.7. The summed E-state index contributed by atoms with van der Waals surface area (Å²) in [5, 5.41) is 3.31. The zero-order valence-electron chi connectivity index (χ0n) is 17.9. The molecule has 8 heteroatoms. The van der Waals surface area contributed by atoms with Crippen LogP contribution in [0.2, 0.25) is 5.02 Å². The molecule has 1 aliphatic rings. The van der Waals surface area contributed by atoms with E-state index < -0.39 is 18.0 Å². The molecule has 1 heterocycles. The number of anilines is 2. The van der Waals surface area contributed by atoms with Crippen molar-refractivity contribution < 1.29 is 19.1 Å². The number of halogens is 1. The van der Waals surface area contributed by atoms with E-state index in [1.807, 2.05) is 12.1 Å². The lowest BCUT2D eigenvalue weighted by atomic mass is 10.1. The molecule has 1 N–H and O–H groups in total. The normalized spacial score (nSPS) is 15.6. The average Bonchev–Trinajstić information content (AvgIpc) is 3.05. The molecule has 0 spiro atoms. The number of methoxy groups -OCH3 is 1. The second kappa shape index (κ2) is 9.75. The van der Waals surface area contributed by atoms with E-state index in [4.69, 9.17) is 16.3 Å². The van der Waals surface area contributed by atoms with Gasteiger partial charge in [-0.1, -0.05) is 41.9 Å². The summed E-state index contributed by atoms with van der Waals surface area (Å²) in [5.41, 5.74) is 1.80. The number of urea groups is 1. The largest absolute Gasteiger partial charge is 0.497 e. The first kappa shape index (κ1) is 22.4. The number of hydrogen-bond acceptors (Lipinski definition) is 4. The summed E-state index contributed by atoms with van der Waals surface area (Å²) in [6.07, 6.45) is -0.180. The summed E-state index contributed by atoms with van der Waals surface area (Å²) < 4.78 is 5.27. The Hall–Kier alpha value is -3.84. The van der Waals surface area contributed by atoms with Crippen LogP contribution in [0.25, 0.3) is 0 Å². The molecule has 4 rings (SSSR count). The van der Waals surface area contributed by atoms with E-state index in [-0.39, 0.29) is 18.9 Å². The van der Waals surface area contributed by atoms with Crippen molar-refractivity contribution in [1.82, 2.24) is 4.90 Å². The van der Waals surface area contributed by atoms with Crippen LogP contribution < -0.4 is 15.0 Å². The van der Waals surface area contributed by atoms with E-state index in [1.165, 1.54) is 4.90 Å². The molecule has 0 aliphatic carbocycles. The molecule has 168 valence electrons. The summed E-state index contributed by atoms with van der Waals surface area (Å²) >= 11 is 5.90. The SMILES string of the molecule is COc1cccc(CN2C(=O)N(c3ccccc3)C(=O)[C@H]2CC(=O)Nc2ccc(Cl)cc2)c1. The van der Waals surface area contributed by atoms with Gasteiger partial charge >= 0.3 is 6.03 Å². The van der Waals surface area contributed by atoms with Gasteiger partial charge in [-0.25, -0.2) is 9.69 Å². The van der Waals surface area contributed by atoms with Crippen LogP contribution in [0.3, 0.4) is 0 Å². The second-order valence-corrected chi connectivity index (χ2v) is 7.98. The molecule has 1 fully saturated rings. The lowest BCUT2D eigenvalue weighted by Crippen LogP contribution is -2.37. The van der Waals surface area contributed by atoms with E-state index >= 15 is 0 Å². The molecule has 0 aromatic heterocycles. The van der Waals surface area contributed by atoms with Crippen molar-refractivity contribution in [3.63, 3.8) is 0 Å². The highest BCUT2D eigenvalue weighted by atomic mass is 35.5. The molecule has 7 nitrogen and oxygen atoms in total. The topological polar surface area (TPSA) is 79.0 Å². The maximum Gasteiger partial charge on any atom is 0.332 e. The third-order valence-electron chi connectivity index (χ3n) is 5.33. The molecular weight excluding hydrogens is 442 g/mol. The lowest BCUT2D eigenvalue weighted by molar-refractivity contribution is -0.124. The lowest BCUT2D eigenvalue weighted by Gasteiger charge is -2.22. The van der Waals surface area contributed by atoms with Gasteiger partial charge in [0.15, 0.2) is 0 Å². The van der Waals surface area contributed by atoms with Gasteiger partial charge < -0.3 is 15.0 Å². The van der Waals surface area contributed by atoms with Crippen LogP contribution in [0.4, 0.5) is 16.2 Å². The van der Waals surface area contributed by atoms with E-state index in [0.29, 0.717) is 22.1 Å². The maximum absolute atomic E-state index is 13.3. The molecule has 0 radical (unpaired) electrons. The first-order chi connectivity index (χ1) is 16.0. The third-order valence-corrected chi connectivity index (χ3v) is 5.58. The van der Waals surface area contributed by atoms with Crippen molar-refractivity contribution in [2.24, 2.45) is 0 Å². The number of imide groups is 1. The fourth-order valence-electron chi connectivity index (χ4n) is 3.72.